The Balaban J connectivity index is 2.02. The van der Waals surface area contributed by atoms with E-state index >= 15 is 0 Å². The molecule has 0 amide bonds. The highest BCUT2D eigenvalue weighted by Crippen LogP contribution is 2.27. The van der Waals surface area contributed by atoms with Gasteiger partial charge in [-0.2, -0.15) is 4.80 Å². The maximum atomic E-state index is 10.3. The first kappa shape index (κ1) is 10.5. The van der Waals surface area contributed by atoms with E-state index in [4.69, 9.17) is 4.74 Å². The first-order chi connectivity index (χ1) is 7.08. The molecule has 1 aliphatic rings. The molecular formula is C9H16N4O2. The Morgan fingerprint density at radius 3 is 3.00 bits per heavy atom. The molecule has 6 heteroatoms. The average Bonchev–Trinajstić information content (AvgIpc) is 2.75. The molecule has 84 valence electrons. The fraction of sp³-hybridized carbons (Fsp3) is 0.889. The second-order valence-corrected chi connectivity index (χ2v) is 4.29. The fourth-order valence-electron chi connectivity index (χ4n) is 1.88. The Labute approximate surface area is 88.2 Å². The molecule has 2 atom stereocenters. The van der Waals surface area contributed by atoms with Gasteiger partial charge in [0.25, 0.3) is 0 Å². The third kappa shape index (κ3) is 2.32. The van der Waals surface area contributed by atoms with Crippen molar-refractivity contribution in [2.24, 2.45) is 13.0 Å². The molecule has 0 aliphatic carbocycles. The van der Waals surface area contributed by atoms with Crippen LogP contribution in [-0.2, 0) is 18.2 Å². The van der Waals surface area contributed by atoms with Gasteiger partial charge in [-0.25, -0.2) is 0 Å². The molecule has 0 bridgehead atoms. The van der Waals surface area contributed by atoms with Gasteiger partial charge in [0.05, 0.1) is 19.3 Å². The van der Waals surface area contributed by atoms with Gasteiger partial charge in [-0.05, 0) is 18.6 Å². The Kier molecular flexibility index (Phi) is 2.70. The molecular weight excluding hydrogens is 196 g/mol. The van der Waals surface area contributed by atoms with E-state index in [0.29, 0.717) is 18.9 Å². The minimum atomic E-state index is -0.806. The van der Waals surface area contributed by atoms with Crippen LogP contribution in [0.15, 0.2) is 0 Å². The lowest BCUT2D eigenvalue weighted by Gasteiger charge is -2.27. The summed E-state index contributed by atoms with van der Waals surface area (Å²) in [4.78, 5) is 1.40. The number of rotatable bonds is 3. The molecule has 0 saturated carbocycles. The van der Waals surface area contributed by atoms with Crippen molar-refractivity contribution in [2.45, 2.75) is 25.4 Å². The van der Waals surface area contributed by atoms with Gasteiger partial charge >= 0.3 is 0 Å². The molecule has 15 heavy (non-hydrogen) atoms. The van der Waals surface area contributed by atoms with Crippen molar-refractivity contribution in [1.82, 2.24) is 20.2 Å². The summed E-state index contributed by atoms with van der Waals surface area (Å²) in [6.07, 6.45) is 1.32. The van der Waals surface area contributed by atoms with E-state index in [9.17, 15) is 5.11 Å². The standard InChI is InChI=1S/C9H16N4O2/c1-9(14,7-3-4-15-6-7)5-8-10-12-13(2)11-8/h7,14H,3-6H2,1-2H3. The molecule has 6 nitrogen and oxygen atoms in total. The Hall–Kier alpha value is -1.01. The zero-order valence-electron chi connectivity index (χ0n) is 9.05. The number of aliphatic hydroxyl groups is 1. The van der Waals surface area contributed by atoms with Crippen LogP contribution in [0.4, 0.5) is 0 Å². The molecule has 1 fully saturated rings. The summed E-state index contributed by atoms with van der Waals surface area (Å²) in [5, 5.41) is 22.0. The normalized spacial score (nSPS) is 25.4. The number of aromatic nitrogens is 4. The molecule has 0 radical (unpaired) electrons. The topological polar surface area (TPSA) is 73.1 Å². The van der Waals surface area contributed by atoms with E-state index in [1.54, 1.807) is 7.05 Å². The van der Waals surface area contributed by atoms with Crippen LogP contribution in [0.1, 0.15) is 19.2 Å². The molecule has 1 aromatic rings. The lowest BCUT2D eigenvalue weighted by Crippen LogP contribution is -2.37. The second kappa shape index (κ2) is 3.86. The highest BCUT2D eigenvalue weighted by Gasteiger charge is 2.36. The minimum Gasteiger partial charge on any atom is -0.389 e. The SMILES string of the molecule is Cn1nnc(CC(C)(O)C2CCOC2)n1. The molecule has 1 aliphatic heterocycles. The summed E-state index contributed by atoms with van der Waals surface area (Å²) in [5.74, 6) is 0.746. The number of nitrogens with zero attached hydrogens (tertiary/aromatic N) is 4. The van der Waals surface area contributed by atoms with E-state index in [2.05, 4.69) is 15.4 Å². The smallest absolute Gasteiger partial charge is 0.177 e. The van der Waals surface area contributed by atoms with E-state index in [-0.39, 0.29) is 5.92 Å². The predicted molar refractivity (Wildman–Crippen MR) is 52.1 cm³/mol. The maximum absolute atomic E-state index is 10.3. The first-order valence-electron chi connectivity index (χ1n) is 5.11. The summed E-state index contributed by atoms with van der Waals surface area (Å²) < 4.78 is 5.26. The van der Waals surface area contributed by atoms with Gasteiger partial charge in [0.15, 0.2) is 5.82 Å². The third-order valence-corrected chi connectivity index (χ3v) is 2.87. The molecule has 1 aromatic heterocycles. The van der Waals surface area contributed by atoms with Crippen molar-refractivity contribution >= 4 is 0 Å². The van der Waals surface area contributed by atoms with Crippen molar-refractivity contribution in [3.63, 3.8) is 0 Å². The van der Waals surface area contributed by atoms with Crippen LogP contribution in [0.2, 0.25) is 0 Å². The van der Waals surface area contributed by atoms with Crippen LogP contribution >= 0.6 is 0 Å². The van der Waals surface area contributed by atoms with E-state index < -0.39 is 5.60 Å². The van der Waals surface area contributed by atoms with E-state index in [0.717, 1.165) is 13.0 Å². The quantitative estimate of drug-likeness (QED) is 0.734. The van der Waals surface area contributed by atoms with Gasteiger partial charge in [-0.3, -0.25) is 0 Å². The van der Waals surface area contributed by atoms with Gasteiger partial charge in [-0.1, -0.05) is 0 Å². The largest absolute Gasteiger partial charge is 0.389 e. The maximum Gasteiger partial charge on any atom is 0.177 e. The second-order valence-electron chi connectivity index (χ2n) is 4.29. The van der Waals surface area contributed by atoms with E-state index in [1.807, 2.05) is 6.92 Å². The monoisotopic (exact) mass is 212 g/mol. The number of hydrogen-bond acceptors (Lipinski definition) is 5. The van der Waals surface area contributed by atoms with Gasteiger partial charge in [0.1, 0.15) is 0 Å². The molecule has 2 unspecified atom stereocenters. The van der Waals surface area contributed by atoms with Gasteiger partial charge in [-0.15, -0.1) is 10.2 Å². The highest BCUT2D eigenvalue weighted by atomic mass is 16.5. The summed E-state index contributed by atoms with van der Waals surface area (Å²) in [5.41, 5.74) is -0.806. The van der Waals surface area contributed by atoms with Crippen LogP contribution in [0, 0.1) is 5.92 Å². The van der Waals surface area contributed by atoms with Crippen molar-refractivity contribution in [3.05, 3.63) is 5.82 Å². The minimum absolute atomic E-state index is 0.168. The summed E-state index contributed by atoms with van der Waals surface area (Å²) >= 11 is 0. The van der Waals surface area contributed by atoms with Crippen molar-refractivity contribution in [1.29, 1.82) is 0 Å². The number of ether oxygens (including phenoxy) is 1. The van der Waals surface area contributed by atoms with Gasteiger partial charge in [0, 0.05) is 18.9 Å². The van der Waals surface area contributed by atoms with Crippen LogP contribution < -0.4 is 0 Å². The van der Waals surface area contributed by atoms with E-state index in [1.165, 1.54) is 4.80 Å². The lowest BCUT2D eigenvalue weighted by atomic mass is 9.85. The average molecular weight is 212 g/mol. The molecule has 1 N–H and O–H groups in total. The zero-order valence-corrected chi connectivity index (χ0v) is 9.05. The van der Waals surface area contributed by atoms with Crippen LogP contribution in [0.25, 0.3) is 0 Å². The Bertz CT molecular complexity index is 331. The molecule has 0 spiro atoms. The van der Waals surface area contributed by atoms with Crippen LogP contribution in [0.5, 0.6) is 0 Å². The number of hydrogen-bond donors (Lipinski definition) is 1. The van der Waals surface area contributed by atoms with Crippen LogP contribution in [0.3, 0.4) is 0 Å². The van der Waals surface area contributed by atoms with Crippen LogP contribution in [-0.4, -0.2) is 44.1 Å². The summed E-state index contributed by atoms with van der Waals surface area (Å²) in [6, 6.07) is 0. The Morgan fingerprint density at radius 1 is 1.67 bits per heavy atom. The molecule has 2 heterocycles. The summed E-state index contributed by atoms with van der Waals surface area (Å²) in [6.45, 7) is 3.16. The van der Waals surface area contributed by atoms with Gasteiger partial charge in [0.2, 0.25) is 0 Å². The van der Waals surface area contributed by atoms with Gasteiger partial charge < -0.3 is 9.84 Å². The number of aryl methyl sites for hydroxylation is 1. The predicted octanol–water partition coefficient (Wildman–Crippen LogP) is -0.460. The summed E-state index contributed by atoms with van der Waals surface area (Å²) in [7, 11) is 1.71. The number of tetrazole rings is 1. The van der Waals surface area contributed by atoms with Crippen molar-refractivity contribution < 1.29 is 9.84 Å². The third-order valence-electron chi connectivity index (χ3n) is 2.87. The highest BCUT2D eigenvalue weighted by molar-refractivity contribution is 4.93. The molecule has 0 aromatic carbocycles. The lowest BCUT2D eigenvalue weighted by molar-refractivity contribution is -0.00617. The first-order valence-corrected chi connectivity index (χ1v) is 5.11. The fourth-order valence-corrected chi connectivity index (χ4v) is 1.88. The Morgan fingerprint density at radius 2 is 2.47 bits per heavy atom. The zero-order chi connectivity index (χ0) is 10.9. The molecule has 1 saturated heterocycles. The molecule has 2 rings (SSSR count). The van der Waals surface area contributed by atoms with Crippen molar-refractivity contribution in [3.8, 4) is 0 Å². The van der Waals surface area contributed by atoms with Crippen molar-refractivity contribution in [2.75, 3.05) is 13.2 Å².